The van der Waals surface area contributed by atoms with E-state index in [1.807, 2.05) is 46.4 Å². The topological polar surface area (TPSA) is 52.6 Å². The maximum Gasteiger partial charge on any atom is 0.312 e. The summed E-state index contributed by atoms with van der Waals surface area (Å²) in [5.41, 5.74) is -1.06. The van der Waals surface area contributed by atoms with Crippen molar-refractivity contribution >= 4 is 23.7 Å². The Bertz CT molecular complexity index is 706. The summed E-state index contributed by atoms with van der Waals surface area (Å²) in [6.45, 7) is 16.3. The molecule has 0 aromatic carbocycles. The van der Waals surface area contributed by atoms with Gasteiger partial charge in [-0.25, -0.2) is 0 Å². The summed E-state index contributed by atoms with van der Waals surface area (Å²) >= 11 is 1.95. The van der Waals surface area contributed by atoms with E-state index in [1.54, 1.807) is 0 Å². The zero-order chi connectivity index (χ0) is 25.4. The van der Waals surface area contributed by atoms with E-state index in [1.165, 1.54) is 32.1 Å². The quantitative estimate of drug-likeness (QED) is 0.359. The molecule has 0 spiro atoms. The van der Waals surface area contributed by atoms with Crippen molar-refractivity contribution in [3.8, 4) is 0 Å². The molecule has 0 amide bonds. The molecule has 0 aromatic heterocycles. The maximum absolute atomic E-state index is 12.5. The van der Waals surface area contributed by atoms with Crippen molar-refractivity contribution in [1.29, 1.82) is 0 Å². The lowest BCUT2D eigenvalue weighted by molar-refractivity contribution is -0.211. The van der Waals surface area contributed by atoms with Gasteiger partial charge in [-0.2, -0.15) is 11.8 Å². The molecule has 4 aliphatic carbocycles. The van der Waals surface area contributed by atoms with Crippen molar-refractivity contribution in [2.45, 2.75) is 124 Å². The third-order valence-electron chi connectivity index (χ3n) is 9.83. The van der Waals surface area contributed by atoms with Crippen molar-refractivity contribution in [2.24, 2.45) is 34.5 Å². The summed E-state index contributed by atoms with van der Waals surface area (Å²) in [5, 5.41) is 0. The molecule has 1 heterocycles. The SMILES string of the molecule is CCC(C)(C)C(=O)OC1(C)C2CC3CC(C2)CC1C3.CCC(C)(C)C(=O)OC1(C)CCSCC1. The molecular weight excluding hydrogens is 444 g/mol. The van der Waals surface area contributed by atoms with Gasteiger partial charge >= 0.3 is 11.9 Å². The number of hydrogen-bond acceptors (Lipinski definition) is 5. The number of rotatable bonds is 6. The Morgan fingerprint density at radius 2 is 1.18 bits per heavy atom. The third kappa shape index (κ3) is 5.98. The first-order chi connectivity index (χ1) is 15.7. The fraction of sp³-hybridized carbons (Fsp3) is 0.931. The molecule has 0 N–H and O–H groups in total. The average Bonchev–Trinajstić information content (AvgIpc) is 2.77. The Hall–Kier alpha value is -0.710. The number of hydrogen-bond donors (Lipinski definition) is 0. The van der Waals surface area contributed by atoms with Crippen LogP contribution in [0.4, 0.5) is 0 Å². The van der Waals surface area contributed by atoms with Crippen molar-refractivity contribution in [2.75, 3.05) is 11.5 Å². The molecular formula is C29H50O4S. The van der Waals surface area contributed by atoms with Crippen LogP contribution >= 0.6 is 11.8 Å². The molecule has 1 saturated heterocycles. The van der Waals surface area contributed by atoms with Crippen LogP contribution < -0.4 is 0 Å². The summed E-state index contributed by atoms with van der Waals surface area (Å²) in [4.78, 5) is 24.4. The van der Waals surface area contributed by atoms with E-state index in [9.17, 15) is 9.59 Å². The van der Waals surface area contributed by atoms with E-state index in [2.05, 4.69) is 20.8 Å². The second-order valence-electron chi connectivity index (χ2n) is 13.3. The molecule has 0 unspecified atom stereocenters. The van der Waals surface area contributed by atoms with Gasteiger partial charge < -0.3 is 9.47 Å². The highest BCUT2D eigenvalue weighted by atomic mass is 32.2. The molecule has 4 nitrogen and oxygen atoms in total. The van der Waals surface area contributed by atoms with Crippen molar-refractivity contribution in [3.05, 3.63) is 0 Å². The molecule has 5 fully saturated rings. The van der Waals surface area contributed by atoms with Crippen LogP contribution in [-0.2, 0) is 19.1 Å². The first-order valence-electron chi connectivity index (χ1n) is 13.8. The highest BCUT2D eigenvalue weighted by Gasteiger charge is 2.57. The van der Waals surface area contributed by atoms with Crippen LogP contribution in [0.3, 0.4) is 0 Å². The van der Waals surface area contributed by atoms with Gasteiger partial charge in [0.05, 0.1) is 10.8 Å². The minimum absolute atomic E-state index is 0.0185. The molecule has 4 bridgehead atoms. The molecule has 0 radical (unpaired) electrons. The smallest absolute Gasteiger partial charge is 0.312 e. The van der Waals surface area contributed by atoms with Crippen molar-refractivity contribution < 1.29 is 19.1 Å². The van der Waals surface area contributed by atoms with Crippen LogP contribution in [0, 0.1) is 34.5 Å². The highest BCUT2D eigenvalue weighted by Crippen LogP contribution is 2.59. The lowest BCUT2D eigenvalue weighted by Gasteiger charge is -2.59. The highest BCUT2D eigenvalue weighted by molar-refractivity contribution is 7.99. The standard InChI is InChI=1S/C17H28O2.C12H22O2S/c1-5-16(2,3)15(18)19-17(4)13-7-11-6-12(9-13)10-14(17)8-11;1-5-11(2,3)10(13)14-12(4)6-8-15-9-7-12/h11-14H,5-10H2,1-4H3;5-9H2,1-4H3. The van der Waals surface area contributed by atoms with Crippen LogP contribution in [-0.4, -0.2) is 34.6 Å². The predicted molar refractivity (Wildman–Crippen MR) is 141 cm³/mol. The molecule has 5 aliphatic rings. The molecule has 34 heavy (non-hydrogen) atoms. The fourth-order valence-electron chi connectivity index (χ4n) is 6.18. The van der Waals surface area contributed by atoms with Crippen LogP contribution in [0.5, 0.6) is 0 Å². The van der Waals surface area contributed by atoms with E-state index in [-0.39, 0.29) is 34.0 Å². The van der Waals surface area contributed by atoms with Gasteiger partial charge in [-0.05, 0) is 135 Å². The number of esters is 2. The summed E-state index contributed by atoms with van der Waals surface area (Å²) < 4.78 is 11.8. The van der Waals surface area contributed by atoms with Gasteiger partial charge in [-0.3, -0.25) is 9.59 Å². The van der Waals surface area contributed by atoms with Crippen LogP contribution in [0.1, 0.15) is 113 Å². The van der Waals surface area contributed by atoms with E-state index in [0.29, 0.717) is 11.8 Å². The first-order valence-corrected chi connectivity index (χ1v) is 14.9. The monoisotopic (exact) mass is 494 g/mol. The third-order valence-corrected chi connectivity index (χ3v) is 10.8. The Morgan fingerprint density at radius 1 is 0.765 bits per heavy atom. The van der Waals surface area contributed by atoms with Gasteiger partial charge in [-0.1, -0.05) is 13.8 Å². The average molecular weight is 495 g/mol. The molecule has 4 saturated carbocycles. The normalized spacial score (nSPS) is 34.1. The molecule has 5 rings (SSSR count). The maximum atomic E-state index is 12.5. The van der Waals surface area contributed by atoms with Gasteiger partial charge in [0.25, 0.3) is 0 Å². The van der Waals surface area contributed by atoms with E-state index < -0.39 is 0 Å². The Balaban J connectivity index is 0.000000197. The van der Waals surface area contributed by atoms with Crippen LogP contribution in [0.15, 0.2) is 0 Å². The molecule has 1 aliphatic heterocycles. The number of carbonyl (C=O) groups is 2. The number of carbonyl (C=O) groups excluding carboxylic acids is 2. The van der Waals surface area contributed by atoms with Gasteiger partial charge in [-0.15, -0.1) is 0 Å². The Labute approximate surface area is 213 Å². The van der Waals surface area contributed by atoms with Gasteiger partial charge in [0, 0.05) is 0 Å². The van der Waals surface area contributed by atoms with Crippen molar-refractivity contribution in [1.82, 2.24) is 0 Å². The summed E-state index contributed by atoms with van der Waals surface area (Å²) in [6.07, 6.45) is 10.3. The Morgan fingerprint density at radius 3 is 1.59 bits per heavy atom. The van der Waals surface area contributed by atoms with E-state index >= 15 is 0 Å². The van der Waals surface area contributed by atoms with Gasteiger partial charge in [0.2, 0.25) is 0 Å². The van der Waals surface area contributed by atoms with Crippen molar-refractivity contribution in [3.63, 3.8) is 0 Å². The minimum Gasteiger partial charge on any atom is -0.459 e. The summed E-state index contributed by atoms with van der Waals surface area (Å²) in [7, 11) is 0. The predicted octanol–water partition coefficient (Wildman–Crippen LogP) is 7.43. The van der Waals surface area contributed by atoms with Crippen LogP contribution in [0.2, 0.25) is 0 Å². The number of thioether (sulfide) groups is 1. The molecule has 0 aromatic rings. The van der Waals surface area contributed by atoms with Gasteiger partial charge in [0.1, 0.15) is 11.2 Å². The summed E-state index contributed by atoms with van der Waals surface area (Å²) in [5.74, 6) is 5.29. The Kier molecular flexibility index (Phi) is 8.48. The van der Waals surface area contributed by atoms with E-state index in [4.69, 9.17) is 9.47 Å². The first kappa shape index (κ1) is 27.9. The lowest BCUT2D eigenvalue weighted by atomic mass is 9.50. The minimum atomic E-state index is -0.340. The summed E-state index contributed by atoms with van der Waals surface area (Å²) in [6, 6.07) is 0. The second kappa shape index (κ2) is 10.3. The van der Waals surface area contributed by atoms with Gasteiger partial charge in [0.15, 0.2) is 0 Å². The number of ether oxygens (including phenoxy) is 2. The molecule has 196 valence electrons. The second-order valence-corrected chi connectivity index (χ2v) is 14.5. The molecule has 0 atom stereocenters. The zero-order valence-corrected chi connectivity index (χ0v) is 23.9. The van der Waals surface area contributed by atoms with Crippen LogP contribution in [0.25, 0.3) is 0 Å². The van der Waals surface area contributed by atoms with E-state index in [0.717, 1.165) is 49.0 Å². The largest absolute Gasteiger partial charge is 0.459 e. The molecule has 5 heteroatoms. The lowest BCUT2D eigenvalue weighted by Crippen LogP contribution is -2.58. The fourth-order valence-corrected chi connectivity index (χ4v) is 7.54. The zero-order valence-electron chi connectivity index (χ0n) is 23.1.